The molecule has 0 saturated carbocycles. The van der Waals surface area contributed by atoms with Crippen LogP contribution in [0.1, 0.15) is 47.0 Å². The molecule has 0 fully saturated rings. The predicted octanol–water partition coefficient (Wildman–Crippen LogP) is 3.59. The lowest BCUT2D eigenvalue weighted by molar-refractivity contribution is -0.128. The highest BCUT2D eigenvalue weighted by Crippen LogP contribution is 2.41. The van der Waals surface area contributed by atoms with Crippen molar-refractivity contribution in [3.05, 3.63) is 12.2 Å². The molecular formula is C13H22O. The van der Waals surface area contributed by atoms with Crippen LogP contribution in [-0.4, -0.2) is 5.78 Å². The van der Waals surface area contributed by atoms with Crippen molar-refractivity contribution >= 4 is 5.78 Å². The highest BCUT2D eigenvalue weighted by Gasteiger charge is 2.38. The van der Waals surface area contributed by atoms with E-state index in [9.17, 15) is 4.79 Å². The van der Waals surface area contributed by atoms with Crippen molar-refractivity contribution in [1.82, 2.24) is 0 Å². The quantitative estimate of drug-likeness (QED) is 0.627. The van der Waals surface area contributed by atoms with Gasteiger partial charge in [0.05, 0.1) is 0 Å². The third kappa shape index (κ3) is 2.26. The molecule has 80 valence electrons. The fraction of sp³-hybridized carbons (Fsp3) is 0.769. The van der Waals surface area contributed by atoms with Crippen LogP contribution in [0.3, 0.4) is 0 Å². The number of allylic oxidation sites excluding steroid dienone is 2. The van der Waals surface area contributed by atoms with Gasteiger partial charge in [0, 0.05) is 12.3 Å². The first-order valence-electron chi connectivity index (χ1n) is 5.68. The van der Waals surface area contributed by atoms with Gasteiger partial charge in [-0.25, -0.2) is 0 Å². The van der Waals surface area contributed by atoms with E-state index in [1.807, 2.05) is 0 Å². The summed E-state index contributed by atoms with van der Waals surface area (Å²) in [6.45, 7) is 8.67. The Bertz CT molecular complexity index is 238. The number of hydrogen-bond donors (Lipinski definition) is 0. The lowest BCUT2D eigenvalue weighted by Gasteiger charge is -2.38. The number of hydrogen-bond acceptors (Lipinski definition) is 1. The number of carbonyl (C=O) groups excluding carboxylic acids is 1. The smallest absolute Gasteiger partial charge is 0.137 e. The Morgan fingerprint density at radius 3 is 2.64 bits per heavy atom. The molecule has 1 rings (SSSR count). The van der Waals surface area contributed by atoms with Crippen molar-refractivity contribution in [3.8, 4) is 0 Å². The summed E-state index contributed by atoms with van der Waals surface area (Å²) in [5.41, 5.74) is 0.153. The molecule has 0 unspecified atom stereocenters. The largest absolute Gasteiger partial charge is 0.299 e. The standard InChI is InChI=1S/C13H22O/c1-5-7-11(14)12-10(2)8-6-9-13(12,3)4/h6,8,10,12H,5,7,9H2,1-4H3/t10-,12+/m0/s1. The van der Waals surface area contributed by atoms with Crippen LogP contribution in [0, 0.1) is 17.3 Å². The van der Waals surface area contributed by atoms with E-state index in [1.54, 1.807) is 0 Å². The molecule has 0 aliphatic heterocycles. The highest BCUT2D eigenvalue weighted by molar-refractivity contribution is 5.82. The van der Waals surface area contributed by atoms with Crippen LogP contribution in [-0.2, 0) is 4.79 Å². The van der Waals surface area contributed by atoms with Crippen molar-refractivity contribution in [3.63, 3.8) is 0 Å². The topological polar surface area (TPSA) is 17.1 Å². The van der Waals surface area contributed by atoms with Crippen LogP contribution >= 0.6 is 0 Å². The average Bonchev–Trinajstić information content (AvgIpc) is 2.02. The number of ketones is 1. The van der Waals surface area contributed by atoms with Crippen LogP contribution in [0.4, 0.5) is 0 Å². The second-order valence-corrected chi connectivity index (χ2v) is 5.17. The molecule has 0 saturated heterocycles. The minimum Gasteiger partial charge on any atom is -0.299 e. The second-order valence-electron chi connectivity index (χ2n) is 5.17. The summed E-state index contributed by atoms with van der Waals surface area (Å²) in [6.07, 6.45) is 7.18. The molecule has 0 aromatic carbocycles. The second kappa shape index (κ2) is 4.29. The van der Waals surface area contributed by atoms with E-state index in [4.69, 9.17) is 0 Å². The van der Waals surface area contributed by atoms with E-state index in [-0.39, 0.29) is 11.3 Å². The van der Waals surface area contributed by atoms with Gasteiger partial charge in [0.25, 0.3) is 0 Å². The van der Waals surface area contributed by atoms with E-state index in [2.05, 4.69) is 39.8 Å². The number of Topliss-reactive ketones (excluding diaryl/α,β-unsaturated/α-hetero) is 1. The Labute approximate surface area is 87.6 Å². The summed E-state index contributed by atoms with van der Waals surface area (Å²) in [7, 11) is 0. The molecule has 0 aromatic rings. The molecule has 1 aliphatic carbocycles. The summed E-state index contributed by atoms with van der Waals surface area (Å²) in [4.78, 5) is 12.0. The molecule has 0 radical (unpaired) electrons. The number of carbonyl (C=O) groups is 1. The summed E-state index contributed by atoms with van der Waals surface area (Å²) in [5, 5.41) is 0. The van der Waals surface area contributed by atoms with Crippen molar-refractivity contribution in [2.45, 2.75) is 47.0 Å². The van der Waals surface area contributed by atoms with Gasteiger partial charge in [-0.05, 0) is 24.2 Å². The molecule has 0 amide bonds. The minimum absolute atomic E-state index is 0.153. The molecule has 1 heteroatoms. The maximum atomic E-state index is 12.0. The van der Waals surface area contributed by atoms with E-state index in [1.165, 1.54) is 0 Å². The summed E-state index contributed by atoms with van der Waals surface area (Å²) in [6, 6.07) is 0. The zero-order chi connectivity index (χ0) is 10.8. The molecular weight excluding hydrogens is 172 g/mol. The third-order valence-corrected chi connectivity index (χ3v) is 3.29. The summed E-state index contributed by atoms with van der Waals surface area (Å²) < 4.78 is 0. The van der Waals surface area contributed by atoms with E-state index in [0.29, 0.717) is 11.7 Å². The third-order valence-electron chi connectivity index (χ3n) is 3.29. The Morgan fingerprint density at radius 2 is 2.14 bits per heavy atom. The maximum absolute atomic E-state index is 12.0. The van der Waals surface area contributed by atoms with Gasteiger partial charge >= 0.3 is 0 Å². The fourth-order valence-electron chi connectivity index (χ4n) is 2.67. The van der Waals surface area contributed by atoms with Crippen LogP contribution in [0.5, 0.6) is 0 Å². The summed E-state index contributed by atoms with van der Waals surface area (Å²) in [5.74, 6) is 1.10. The minimum atomic E-state index is 0.153. The van der Waals surface area contributed by atoms with Crippen molar-refractivity contribution < 1.29 is 4.79 Å². The molecule has 1 nitrogen and oxygen atoms in total. The van der Waals surface area contributed by atoms with Crippen LogP contribution in [0.15, 0.2) is 12.2 Å². The predicted molar refractivity (Wildman–Crippen MR) is 60.1 cm³/mol. The molecule has 0 heterocycles. The average molecular weight is 194 g/mol. The zero-order valence-corrected chi connectivity index (χ0v) is 9.84. The number of rotatable bonds is 3. The highest BCUT2D eigenvalue weighted by atomic mass is 16.1. The SMILES string of the molecule is CCCC(=O)[C@H]1[C@@H](C)C=CCC1(C)C. The van der Waals surface area contributed by atoms with Gasteiger partial charge in [0.2, 0.25) is 0 Å². The van der Waals surface area contributed by atoms with Crippen molar-refractivity contribution in [1.29, 1.82) is 0 Å². The fourth-order valence-corrected chi connectivity index (χ4v) is 2.67. The van der Waals surface area contributed by atoms with E-state index < -0.39 is 0 Å². The zero-order valence-electron chi connectivity index (χ0n) is 9.84. The molecule has 0 bridgehead atoms. The summed E-state index contributed by atoms with van der Waals surface area (Å²) >= 11 is 0. The lowest BCUT2D eigenvalue weighted by atomic mass is 9.65. The van der Waals surface area contributed by atoms with Crippen molar-refractivity contribution in [2.75, 3.05) is 0 Å². The lowest BCUT2D eigenvalue weighted by Crippen LogP contribution is -2.37. The first kappa shape index (κ1) is 11.5. The van der Waals surface area contributed by atoms with E-state index in [0.717, 1.165) is 19.3 Å². The van der Waals surface area contributed by atoms with Gasteiger partial charge in [-0.1, -0.05) is 39.8 Å². The van der Waals surface area contributed by atoms with Crippen molar-refractivity contribution in [2.24, 2.45) is 17.3 Å². The van der Waals surface area contributed by atoms with Crippen LogP contribution in [0.25, 0.3) is 0 Å². The van der Waals surface area contributed by atoms with E-state index >= 15 is 0 Å². The molecule has 0 aromatic heterocycles. The molecule has 0 N–H and O–H groups in total. The van der Waals surface area contributed by atoms with Gasteiger partial charge < -0.3 is 0 Å². The normalized spacial score (nSPS) is 30.3. The van der Waals surface area contributed by atoms with Gasteiger partial charge in [0.1, 0.15) is 5.78 Å². The first-order chi connectivity index (χ1) is 6.49. The monoisotopic (exact) mass is 194 g/mol. The van der Waals surface area contributed by atoms with Gasteiger partial charge in [-0.15, -0.1) is 0 Å². The molecule has 14 heavy (non-hydrogen) atoms. The molecule has 0 spiro atoms. The van der Waals surface area contributed by atoms with Gasteiger partial charge in [-0.3, -0.25) is 4.79 Å². The Morgan fingerprint density at radius 1 is 1.50 bits per heavy atom. The maximum Gasteiger partial charge on any atom is 0.137 e. The van der Waals surface area contributed by atoms with Gasteiger partial charge in [0.15, 0.2) is 0 Å². The Hall–Kier alpha value is -0.590. The van der Waals surface area contributed by atoms with Crippen LogP contribution in [0.2, 0.25) is 0 Å². The van der Waals surface area contributed by atoms with Crippen LogP contribution < -0.4 is 0 Å². The molecule has 1 aliphatic rings. The Balaban J connectivity index is 2.82. The first-order valence-corrected chi connectivity index (χ1v) is 5.68. The Kier molecular flexibility index (Phi) is 3.52. The van der Waals surface area contributed by atoms with Gasteiger partial charge in [-0.2, -0.15) is 0 Å². The molecule has 2 atom stereocenters.